The third-order valence-electron chi connectivity index (χ3n) is 3.11. The molecule has 1 N–H and O–H groups in total. The number of hydrogen-bond acceptors (Lipinski definition) is 3. The molecule has 0 saturated heterocycles. The zero-order valence-electron chi connectivity index (χ0n) is 10.5. The highest BCUT2D eigenvalue weighted by Crippen LogP contribution is 2.37. The predicted molar refractivity (Wildman–Crippen MR) is 70.0 cm³/mol. The van der Waals surface area contributed by atoms with Gasteiger partial charge in [-0.3, -0.25) is 9.67 Å². The summed E-state index contributed by atoms with van der Waals surface area (Å²) in [6, 6.07) is 1.39. The second kappa shape index (κ2) is 4.87. The fourth-order valence-electron chi connectivity index (χ4n) is 2.27. The Hall–Kier alpha value is -1.83. The quantitative estimate of drug-likeness (QED) is 0.865. The van der Waals surface area contributed by atoms with E-state index in [-0.39, 0.29) is 22.6 Å². The molecular weight excluding hydrogens is 312 g/mol. The van der Waals surface area contributed by atoms with Gasteiger partial charge < -0.3 is 5.32 Å². The van der Waals surface area contributed by atoms with Crippen LogP contribution < -0.4 is 5.32 Å². The molecule has 112 valence electrons. The number of nitrogens with one attached hydrogen (secondary N) is 1. The average Bonchev–Trinajstić information content (AvgIpc) is 2.98. The van der Waals surface area contributed by atoms with Crippen LogP contribution in [0, 0.1) is 5.82 Å². The predicted octanol–water partition coefficient (Wildman–Crippen LogP) is 2.85. The van der Waals surface area contributed by atoms with Crippen molar-refractivity contribution in [2.45, 2.75) is 12.7 Å². The molecule has 0 fully saturated rings. The Balaban J connectivity index is 2.21. The minimum Gasteiger partial charge on any atom is -0.370 e. The number of rotatable bonds is 2. The van der Waals surface area contributed by atoms with Gasteiger partial charge in [-0.05, 0) is 12.1 Å². The minimum atomic E-state index is -4.70. The topological polar surface area (TPSA) is 42.2 Å². The molecule has 0 bridgehead atoms. The first-order chi connectivity index (χ1) is 9.86. The van der Waals surface area contributed by atoms with E-state index < -0.39 is 17.6 Å². The van der Waals surface area contributed by atoms with E-state index in [1.165, 1.54) is 0 Å². The molecule has 1 aromatic carbocycles. The van der Waals surface area contributed by atoms with E-state index in [1.807, 2.05) is 0 Å². The molecule has 0 radical (unpaired) electrons. The first kappa shape index (κ1) is 14.1. The Morgan fingerprint density at radius 3 is 2.71 bits per heavy atom. The Morgan fingerprint density at radius 1 is 1.33 bits per heavy atom. The average molecular weight is 321 g/mol. The van der Waals surface area contributed by atoms with Crippen molar-refractivity contribution in [1.82, 2.24) is 15.1 Å². The third-order valence-corrected chi connectivity index (χ3v) is 3.39. The van der Waals surface area contributed by atoms with Gasteiger partial charge in [0.15, 0.2) is 5.15 Å². The lowest BCUT2D eigenvalue weighted by Crippen LogP contribution is -2.24. The Labute approximate surface area is 121 Å². The summed E-state index contributed by atoms with van der Waals surface area (Å²) in [5, 5.41) is 6.56. The largest absolute Gasteiger partial charge is 0.418 e. The molecule has 0 amide bonds. The van der Waals surface area contributed by atoms with Gasteiger partial charge in [0.2, 0.25) is 0 Å². The molecule has 9 heteroatoms. The van der Waals surface area contributed by atoms with Crippen molar-refractivity contribution in [3.05, 3.63) is 28.7 Å². The summed E-state index contributed by atoms with van der Waals surface area (Å²) in [5.74, 6) is -0.485. The van der Waals surface area contributed by atoms with Crippen LogP contribution in [0.3, 0.4) is 0 Å². The van der Waals surface area contributed by atoms with Gasteiger partial charge in [0.05, 0.1) is 24.2 Å². The van der Waals surface area contributed by atoms with Gasteiger partial charge in [-0.1, -0.05) is 11.6 Å². The molecule has 0 aliphatic carbocycles. The summed E-state index contributed by atoms with van der Waals surface area (Å²) in [5.41, 5.74) is -1.35. The zero-order valence-corrected chi connectivity index (χ0v) is 11.3. The number of aromatic nitrogens is 2. The lowest BCUT2D eigenvalue weighted by molar-refractivity contribution is -0.136. The van der Waals surface area contributed by atoms with Gasteiger partial charge in [-0.2, -0.15) is 18.3 Å². The van der Waals surface area contributed by atoms with Gasteiger partial charge in [0, 0.05) is 11.9 Å². The highest BCUT2D eigenvalue weighted by molar-refractivity contribution is 6.34. The number of amidine groups is 1. The van der Waals surface area contributed by atoms with E-state index >= 15 is 0 Å². The van der Waals surface area contributed by atoms with Crippen LogP contribution in [-0.2, 0) is 12.7 Å². The van der Waals surface area contributed by atoms with Crippen molar-refractivity contribution in [1.29, 1.82) is 0 Å². The molecule has 1 aromatic heterocycles. The molecule has 2 heterocycles. The summed E-state index contributed by atoms with van der Waals surface area (Å²) in [6.45, 7) is 1.21. The molecule has 21 heavy (non-hydrogen) atoms. The number of nitrogens with zero attached hydrogens (tertiary/aromatic N) is 3. The zero-order chi connectivity index (χ0) is 15.2. The molecule has 0 saturated carbocycles. The number of halogens is 5. The first-order valence-electron chi connectivity index (χ1n) is 6.06. The van der Waals surface area contributed by atoms with Crippen LogP contribution in [0.1, 0.15) is 5.56 Å². The number of hydrogen-bond donors (Lipinski definition) is 1. The Morgan fingerprint density at radius 2 is 2.10 bits per heavy atom. The van der Waals surface area contributed by atoms with Crippen molar-refractivity contribution in [2.75, 3.05) is 13.1 Å². The highest BCUT2D eigenvalue weighted by atomic mass is 35.5. The van der Waals surface area contributed by atoms with Crippen LogP contribution in [0.15, 0.2) is 17.1 Å². The van der Waals surface area contributed by atoms with Gasteiger partial charge in [-0.25, -0.2) is 4.39 Å². The summed E-state index contributed by atoms with van der Waals surface area (Å²) >= 11 is 5.83. The van der Waals surface area contributed by atoms with E-state index in [4.69, 9.17) is 11.6 Å². The van der Waals surface area contributed by atoms with Crippen molar-refractivity contribution in [3.63, 3.8) is 0 Å². The van der Waals surface area contributed by atoms with Crippen LogP contribution >= 0.6 is 11.6 Å². The van der Waals surface area contributed by atoms with Crippen molar-refractivity contribution >= 4 is 28.3 Å². The molecule has 4 nitrogen and oxygen atoms in total. The van der Waals surface area contributed by atoms with E-state index in [0.717, 1.165) is 10.7 Å². The number of aliphatic imine (C=N–C) groups is 1. The minimum absolute atomic E-state index is 0.0257. The van der Waals surface area contributed by atoms with Crippen molar-refractivity contribution in [3.8, 4) is 0 Å². The van der Waals surface area contributed by atoms with Crippen LogP contribution in [0.4, 0.5) is 17.6 Å². The van der Waals surface area contributed by atoms with Gasteiger partial charge in [-0.15, -0.1) is 0 Å². The van der Waals surface area contributed by atoms with E-state index in [1.54, 1.807) is 0 Å². The number of fused-ring (bicyclic) bond motifs is 1. The fourth-order valence-corrected chi connectivity index (χ4v) is 2.50. The van der Waals surface area contributed by atoms with Crippen LogP contribution in [0.5, 0.6) is 0 Å². The monoisotopic (exact) mass is 320 g/mol. The molecule has 1 aliphatic heterocycles. The molecule has 0 unspecified atom stereocenters. The smallest absolute Gasteiger partial charge is 0.370 e. The molecule has 0 atom stereocenters. The Bertz CT molecular complexity index is 735. The van der Waals surface area contributed by atoms with E-state index in [2.05, 4.69) is 15.4 Å². The highest BCUT2D eigenvalue weighted by Gasteiger charge is 2.35. The van der Waals surface area contributed by atoms with Gasteiger partial charge >= 0.3 is 6.18 Å². The summed E-state index contributed by atoms with van der Waals surface area (Å²) < 4.78 is 53.8. The Kier molecular flexibility index (Phi) is 3.27. The van der Waals surface area contributed by atoms with E-state index in [0.29, 0.717) is 25.0 Å². The molecule has 3 rings (SSSR count). The lowest BCUT2D eigenvalue weighted by Gasteiger charge is -2.11. The third kappa shape index (κ3) is 2.55. The molecule has 1 aliphatic rings. The maximum absolute atomic E-state index is 13.4. The lowest BCUT2D eigenvalue weighted by atomic mass is 10.1. The maximum Gasteiger partial charge on any atom is 0.418 e. The second-order valence-electron chi connectivity index (χ2n) is 4.55. The van der Waals surface area contributed by atoms with Crippen LogP contribution in [-0.4, -0.2) is 28.7 Å². The second-order valence-corrected chi connectivity index (χ2v) is 4.91. The van der Waals surface area contributed by atoms with Gasteiger partial charge in [0.25, 0.3) is 0 Å². The summed E-state index contributed by atoms with van der Waals surface area (Å²) in [7, 11) is 0. The van der Waals surface area contributed by atoms with Crippen molar-refractivity contribution < 1.29 is 17.6 Å². The SMILES string of the molecule is Fc1cc(C(F)(F)F)c2c(c1)c(Cl)nn2CC1=NCCN1. The summed E-state index contributed by atoms with van der Waals surface area (Å²) in [4.78, 5) is 4.10. The molecular formula is C12H9ClF4N4. The van der Waals surface area contributed by atoms with Crippen LogP contribution in [0.25, 0.3) is 10.9 Å². The normalized spacial score (nSPS) is 15.4. The standard InChI is InChI=1S/C12H9ClF4N4/c13-11-7-3-6(14)4-8(12(15,16)17)10(7)21(20-11)5-9-18-1-2-19-9/h3-4H,1-2,5H2,(H,18,19). The number of benzene rings is 1. The maximum atomic E-state index is 13.4. The first-order valence-corrected chi connectivity index (χ1v) is 6.44. The van der Waals surface area contributed by atoms with Crippen molar-refractivity contribution in [2.24, 2.45) is 4.99 Å². The van der Waals surface area contributed by atoms with E-state index in [9.17, 15) is 17.6 Å². The van der Waals surface area contributed by atoms with Gasteiger partial charge in [0.1, 0.15) is 11.7 Å². The molecule has 2 aromatic rings. The van der Waals surface area contributed by atoms with Crippen LogP contribution in [0.2, 0.25) is 5.15 Å². The summed E-state index contributed by atoms with van der Waals surface area (Å²) in [6.07, 6.45) is -4.70. The molecule has 0 spiro atoms. The fraction of sp³-hybridized carbons (Fsp3) is 0.333. The number of alkyl halides is 3.